The van der Waals surface area contributed by atoms with Crippen LogP contribution in [0, 0.1) is 0 Å². The third-order valence-corrected chi connectivity index (χ3v) is 12.1. The largest absolute Gasteiger partial charge is 0.508 e. The fourth-order valence-electron chi connectivity index (χ4n) is 6.99. The van der Waals surface area contributed by atoms with Crippen LogP contribution in [0.2, 0.25) is 0 Å². The molecule has 0 radical (unpaired) electrons. The molecular weight excluding hydrogens is 1100 g/mol. The van der Waals surface area contributed by atoms with Crippen molar-refractivity contribution in [1.82, 2.24) is 47.9 Å². The van der Waals surface area contributed by atoms with Crippen molar-refractivity contribution in [3.8, 4) is 5.75 Å². The Labute approximate surface area is 468 Å². The minimum atomic E-state index is -1.87. The van der Waals surface area contributed by atoms with E-state index in [-0.39, 0.29) is 37.3 Å². The molecule has 0 aliphatic rings. The van der Waals surface area contributed by atoms with Crippen LogP contribution in [0.3, 0.4) is 0 Å². The second kappa shape index (κ2) is 36.4. The third kappa shape index (κ3) is 27.2. The van der Waals surface area contributed by atoms with Crippen molar-refractivity contribution in [3.63, 3.8) is 0 Å². The highest BCUT2D eigenvalue weighted by molar-refractivity contribution is 7.80. The standard InChI is InChI=1S/C46H72N14O18S2/c1-21(61)37(60-44(75)29(57-38(69)24(48)19-79)16-22-5-7-23(62)8-6-22)45(76)52-18-35(66)53-26(9-12-32(49)63)40(71)56-28(11-14-36(67)68)42(73)55-27(10-13-33(50)64)41(72)54-25(4-2-3-15-47)39(70)58-30(17-34(51)65)43(74)59-31(20-80)46(77)78/h5-8,21,24-31,37,61-62,79-80H,2-4,9-20,47-48H2,1H3,(H2,49,63)(H2,50,64)(H2,51,65)(H,52,76)(H,53,66)(H,54,72)(H,55,73)(H,56,71)(H,57,69)(H,58,70)(H,59,74)(H,60,75)(H,67,68)(H,77,78)/t21-,24+,25+,26+,27+,28+,29+,30+,31+,37+/m1/s1. The first kappa shape index (κ1) is 70.2. The van der Waals surface area contributed by atoms with Crippen molar-refractivity contribution >= 4 is 108 Å². The first-order valence-electron chi connectivity index (χ1n) is 24.7. The number of hydrogen-bond acceptors (Lipinski definition) is 20. The molecule has 12 amide bonds. The molecule has 34 heteroatoms. The lowest BCUT2D eigenvalue weighted by Crippen LogP contribution is -2.60. The lowest BCUT2D eigenvalue weighted by atomic mass is 10.0. The second-order valence-corrected chi connectivity index (χ2v) is 18.7. The molecule has 1 aromatic rings. The van der Waals surface area contributed by atoms with Crippen molar-refractivity contribution < 1.29 is 87.5 Å². The van der Waals surface area contributed by atoms with Gasteiger partial charge < -0.3 is 96.9 Å². The molecule has 80 heavy (non-hydrogen) atoms. The van der Waals surface area contributed by atoms with Gasteiger partial charge in [0.15, 0.2) is 0 Å². The average Bonchev–Trinajstić information content (AvgIpc) is 3.38. The zero-order valence-electron chi connectivity index (χ0n) is 43.5. The Bertz CT molecular complexity index is 2370. The average molecular weight is 1170 g/mol. The molecule has 0 fully saturated rings. The summed E-state index contributed by atoms with van der Waals surface area (Å²) >= 11 is 7.84. The number of rotatable bonds is 39. The van der Waals surface area contributed by atoms with Gasteiger partial charge in [-0.25, -0.2) is 4.79 Å². The maximum Gasteiger partial charge on any atom is 0.327 e. The summed E-state index contributed by atoms with van der Waals surface area (Å²) in [4.78, 5) is 180. The molecule has 0 aromatic heterocycles. The smallest absolute Gasteiger partial charge is 0.327 e. The lowest BCUT2D eigenvalue weighted by molar-refractivity contribution is -0.142. The predicted molar refractivity (Wildman–Crippen MR) is 286 cm³/mol. The quantitative estimate of drug-likeness (QED) is 0.0215. The number of aliphatic hydroxyl groups is 1. The number of unbranched alkanes of at least 4 members (excludes halogenated alkanes) is 1. The Morgan fingerprint density at radius 1 is 0.525 bits per heavy atom. The van der Waals surface area contributed by atoms with Crippen LogP contribution in [0.1, 0.15) is 76.7 Å². The topological polar surface area (TPSA) is 558 Å². The van der Waals surface area contributed by atoms with E-state index < -0.39 is 201 Å². The van der Waals surface area contributed by atoms with Crippen LogP contribution in [0.5, 0.6) is 5.75 Å². The van der Waals surface area contributed by atoms with Crippen LogP contribution >= 0.6 is 25.3 Å². The molecular formula is C46H72N14O18S2. The molecule has 23 N–H and O–H groups in total. The number of aliphatic hydroxyl groups excluding tert-OH is 1. The molecule has 0 heterocycles. The number of carboxylic acid groups (broad SMARTS) is 2. The zero-order valence-corrected chi connectivity index (χ0v) is 45.3. The number of carbonyl (C=O) groups excluding carboxylic acids is 12. The minimum absolute atomic E-state index is 0.0953. The van der Waals surface area contributed by atoms with Crippen LogP contribution in [0.4, 0.5) is 0 Å². The van der Waals surface area contributed by atoms with Crippen molar-refractivity contribution in [2.24, 2.45) is 28.7 Å². The van der Waals surface area contributed by atoms with E-state index in [0.29, 0.717) is 12.0 Å². The second-order valence-electron chi connectivity index (χ2n) is 18.0. The molecule has 32 nitrogen and oxygen atoms in total. The van der Waals surface area contributed by atoms with Crippen LogP contribution in [-0.2, 0) is 73.5 Å². The fraction of sp³-hybridized carbons (Fsp3) is 0.565. The van der Waals surface area contributed by atoms with E-state index in [2.05, 4.69) is 73.1 Å². The van der Waals surface area contributed by atoms with Gasteiger partial charge >= 0.3 is 11.9 Å². The summed E-state index contributed by atoms with van der Waals surface area (Å²) in [5, 5.41) is 59.4. The molecule has 0 aliphatic carbocycles. The molecule has 0 aliphatic heterocycles. The lowest BCUT2D eigenvalue weighted by Gasteiger charge is -2.27. The highest BCUT2D eigenvalue weighted by Gasteiger charge is 2.35. The van der Waals surface area contributed by atoms with Gasteiger partial charge in [0.1, 0.15) is 54.1 Å². The molecule has 0 bridgehead atoms. The molecule has 1 aromatic carbocycles. The van der Waals surface area contributed by atoms with E-state index in [1.165, 1.54) is 24.3 Å². The Kier molecular flexibility index (Phi) is 31.9. The number of nitrogens with one attached hydrogen (secondary N) is 9. The van der Waals surface area contributed by atoms with Crippen LogP contribution in [0.25, 0.3) is 0 Å². The third-order valence-electron chi connectivity index (χ3n) is 11.4. The first-order valence-corrected chi connectivity index (χ1v) is 25.9. The van der Waals surface area contributed by atoms with Crippen molar-refractivity contribution in [1.29, 1.82) is 0 Å². The van der Waals surface area contributed by atoms with Gasteiger partial charge in [0.2, 0.25) is 70.9 Å². The van der Waals surface area contributed by atoms with Crippen molar-refractivity contribution in [2.75, 3.05) is 24.6 Å². The van der Waals surface area contributed by atoms with Crippen LogP contribution in [-0.4, -0.2) is 188 Å². The summed E-state index contributed by atoms with van der Waals surface area (Å²) < 4.78 is 0. The van der Waals surface area contributed by atoms with Gasteiger partial charge in [-0.2, -0.15) is 25.3 Å². The summed E-state index contributed by atoms with van der Waals surface area (Å²) in [6.45, 7) is 0.272. The SMILES string of the molecule is C[C@@H](O)[C@H](NC(=O)[C@H](Cc1ccc(O)cc1)NC(=O)[C@@H](N)CS)C(=O)NCC(=O)N[C@@H](CCC(N)=O)C(=O)N[C@@H](CCC(=O)O)C(=O)N[C@@H](CCC(N)=O)C(=O)N[C@@H](CCCCN)C(=O)N[C@@H](CC(N)=O)C(=O)N[C@@H](CS)C(=O)O. The molecule has 0 unspecified atom stereocenters. The molecule has 0 saturated carbocycles. The number of amides is 12. The normalized spacial score (nSPS) is 14.6. The van der Waals surface area contributed by atoms with Crippen LogP contribution in [0.15, 0.2) is 24.3 Å². The number of hydrogen-bond donors (Lipinski definition) is 20. The van der Waals surface area contributed by atoms with Gasteiger partial charge in [-0.15, -0.1) is 0 Å². The van der Waals surface area contributed by atoms with E-state index in [4.69, 9.17) is 28.7 Å². The predicted octanol–water partition coefficient (Wildman–Crippen LogP) is -8.02. The number of aromatic hydroxyl groups is 1. The summed E-state index contributed by atoms with van der Waals surface area (Å²) in [7, 11) is 0. The molecule has 1 rings (SSSR count). The summed E-state index contributed by atoms with van der Waals surface area (Å²) in [6, 6.07) is -9.12. The Morgan fingerprint density at radius 3 is 1.40 bits per heavy atom. The molecule has 446 valence electrons. The highest BCUT2D eigenvalue weighted by Crippen LogP contribution is 2.13. The first-order chi connectivity index (χ1) is 37.5. The Balaban J connectivity index is 3.44. The van der Waals surface area contributed by atoms with Gasteiger partial charge in [0, 0.05) is 37.2 Å². The van der Waals surface area contributed by atoms with E-state index in [1.54, 1.807) is 0 Å². The van der Waals surface area contributed by atoms with Crippen molar-refractivity contribution in [2.45, 2.75) is 138 Å². The number of phenolic OH excluding ortho intramolecular Hbond substituents is 1. The maximum absolute atomic E-state index is 13.9. The number of carboxylic acids is 2. The van der Waals surface area contributed by atoms with Crippen molar-refractivity contribution in [3.05, 3.63) is 29.8 Å². The molecule has 0 spiro atoms. The van der Waals surface area contributed by atoms with E-state index >= 15 is 0 Å². The number of thiol groups is 2. The molecule has 0 saturated heterocycles. The number of primary amides is 3. The number of aliphatic carboxylic acids is 2. The Hall–Kier alpha value is -7.82. The monoisotopic (exact) mass is 1170 g/mol. The minimum Gasteiger partial charge on any atom is -0.508 e. The van der Waals surface area contributed by atoms with E-state index in [9.17, 15) is 87.5 Å². The highest BCUT2D eigenvalue weighted by atomic mass is 32.1. The number of benzene rings is 1. The fourth-order valence-corrected chi connectivity index (χ4v) is 7.40. The van der Waals surface area contributed by atoms with Crippen LogP contribution < -0.4 is 76.5 Å². The van der Waals surface area contributed by atoms with Gasteiger partial charge in [-0.1, -0.05) is 12.1 Å². The molecule has 10 atom stereocenters. The van der Waals surface area contributed by atoms with Gasteiger partial charge in [0.25, 0.3) is 0 Å². The summed E-state index contributed by atoms with van der Waals surface area (Å²) in [5.41, 5.74) is 27.7. The summed E-state index contributed by atoms with van der Waals surface area (Å²) in [5.74, 6) is -16.6. The summed E-state index contributed by atoms with van der Waals surface area (Å²) in [6.07, 6.45) is -6.18. The number of nitrogens with two attached hydrogens (primary N) is 5. The zero-order chi connectivity index (χ0) is 60.8. The van der Waals surface area contributed by atoms with E-state index in [0.717, 1.165) is 6.92 Å². The Morgan fingerprint density at radius 2 is 0.963 bits per heavy atom. The number of carbonyl (C=O) groups is 14. The van der Waals surface area contributed by atoms with E-state index in [1.807, 2.05) is 0 Å². The van der Waals surface area contributed by atoms with Gasteiger partial charge in [-0.3, -0.25) is 62.3 Å². The van der Waals surface area contributed by atoms with Gasteiger partial charge in [-0.05, 0) is 69.7 Å². The number of phenols is 1. The van der Waals surface area contributed by atoms with Gasteiger partial charge in [0.05, 0.1) is 25.1 Å². The maximum atomic E-state index is 13.9.